The highest BCUT2D eigenvalue weighted by atomic mass is 32.2. The van der Waals surface area contributed by atoms with Crippen LogP contribution in [0, 0.1) is 0 Å². The summed E-state index contributed by atoms with van der Waals surface area (Å²) < 4.78 is 1.68. The van der Waals surface area contributed by atoms with Gasteiger partial charge in [0, 0.05) is 19.3 Å². The second-order valence-corrected chi connectivity index (χ2v) is 4.02. The lowest BCUT2D eigenvalue weighted by Gasteiger charge is -2.14. The number of aromatic nitrogens is 1. The van der Waals surface area contributed by atoms with Crippen LogP contribution in [0.5, 0.6) is 0 Å². The van der Waals surface area contributed by atoms with E-state index >= 15 is 0 Å². The monoisotopic (exact) mass is 198 g/mol. The fourth-order valence-corrected chi connectivity index (χ4v) is 2.39. The molecule has 0 saturated carbocycles. The van der Waals surface area contributed by atoms with Gasteiger partial charge in [0.2, 0.25) is 0 Å². The van der Waals surface area contributed by atoms with E-state index in [1.165, 1.54) is 0 Å². The van der Waals surface area contributed by atoms with Crippen molar-refractivity contribution in [3.8, 4) is 0 Å². The van der Waals surface area contributed by atoms with Gasteiger partial charge in [-0.2, -0.15) is 0 Å². The van der Waals surface area contributed by atoms with Crippen LogP contribution in [0.1, 0.15) is 10.5 Å². The Labute approximate surface area is 79.9 Å². The molecule has 0 bridgehead atoms. The zero-order valence-electron chi connectivity index (χ0n) is 7.20. The maximum absolute atomic E-state index is 10.8. The Balaban J connectivity index is 2.50. The molecule has 0 unspecified atom stereocenters. The molecular formula is C8H10N2O2S. The van der Waals surface area contributed by atoms with Crippen molar-refractivity contribution in [2.24, 2.45) is 7.05 Å². The Morgan fingerprint density at radius 1 is 1.77 bits per heavy atom. The minimum Gasteiger partial charge on any atom is -0.477 e. The number of carboxylic acids is 1. The van der Waals surface area contributed by atoms with Gasteiger partial charge in [-0.15, -0.1) is 11.8 Å². The summed E-state index contributed by atoms with van der Waals surface area (Å²) in [7, 11) is 1.77. The predicted molar refractivity (Wildman–Crippen MR) is 51.6 cm³/mol. The van der Waals surface area contributed by atoms with Crippen molar-refractivity contribution in [1.29, 1.82) is 0 Å². The Kier molecular flexibility index (Phi) is 1.95. The third kappa shape index (κ3) is 1.29. The highest BCUT2D eigenvalue weighted by Crippen LogP contribution is 2.33. The second-order valence-electron chi connectivity index (χ2n) is 2.88. The number of fused-ring (bicyclic) bond motifs is 1. The van der Waals surface area contributed by atoms with E-state index in [9.17, 15) is 4.79 Å². The standard InChI is InChI=1S/C8H10N2O2S/c1-10-5(8(11)12)4-6-7(10)9-2-3-13-6/h4,9H,2-3H2,1H3,(H,11,12). The van der Waals surface area contributed by atoms with Gasteiger partial charge in [0.15, 0.2) is 0 Å². The van der Waals surface area contributed by atoms with Crippen LogP contribution in [0.2, 0.25) is 0 Å². The molecule has 1 aliphatic rings. The average molecular weight is 198 g/mol. The number of hydrogen-bond donors (Lipinski definition) is 2. The van der Waals surface area contributed by atoms with Gasteiger partial charge in [-0.25, -0.2) is 4.79 Å². The first-order chi connectivity index (χ1) is 6.20. The third-order valence-electron chi connectivity index (χ3n) is 2.07. The Morgan fingerprint density at radius 2 is 2.54 bits per heavy atom. The normalized spacial score (nSPS) is 14.8. The summed E-state index contributed by atoms with van der Waals surface area (Å²) in [5.41, 5.74) is 0.340. The SMILES string of the molecule is Cn1c(C(=O)O)cc2c1NCCS2. The molecule has 0 saturated heterocycles. The third-order valence-corrected chi connectivity index (χ3v) is 3.10. The topological polar surface area (TPSA) is 54.3 Å². The van der Waals surface area contributed by atoms with Crippen LogP contribution in [-0.2, 0) is 7.05 Å². The first-order valence-corrected chi connectivity index (χ1v) is 4.98. The number of aromatic carboxylic acids is 1. The van der Waals surface area contributed by atoms with E-state index in [2.05, 4.69) is 5.32 Å². The average Bonchev–Trinajstić information content (AvgIpc) is 2.45. The van der Waals surface area contributed by atoms with Crippen molar-refractivity contribution in [3.63, 3.8) is 0 Å². The quantitative estimate of drug-likeness (QED) is 0.713. The molecule has 1 aromatic rings. The van der Waals surface area contributed by atoms with Crippen molar-refractivity contribution in [1.82, 2.24) is 4.57 Å². The maximum atomic E-state index is 10.8. The largest absolute Gasteiger partial charge is 0.477 e. The summed E-state index contributed by atoms with van der Waals surface area (Å²) in [6, 6.07) is 1.72. The van der Waals surface area contributed by atoms with E-state index in [4.69, 9.17) is 5.11 Å². The number of nitrogens with zero attached hydrogens (tertiary/aromatic N) is 1. The zero-order chi connectivity index (χ0) is 9.42. The highest BCUT2D eigenvalue weighted by Gasteiger charge is 2.19. The number of thioether (sulfide) groups is 1. The number of rotatable bonds is 1. The zero-order valence-corrected chi connectivity index (χ0v) is 8.02. The molecule has 2 rings (SSSR count). The van der Waals surface area contributed by atoms with Gasteiger partial charge in [0.1, 0.15) is 11.5 Å². The number of nitrogens with one attached hydrogen (secondary N) is 1. The van der Waals surface area contributed by atoms with Crippen molar-refractivity contribution in [3.05, 3.63) is 11.8 Å². The van der Waals surface area contributed by atoms with Crippen LogP contribution >= 0.6 is 11.8 Å². The predicted octanol–water partition coefficient (Wildman–Crippen LogP) is 1.24. The molecule has 1 aliphatic heterocycles. The van der Waals surface area contributed by atoms with Gasteiger partial charge in [0.05, 0.1) is 4.90 Å². The minimum atomic E-state index is -0.876. The van der Waals surface area contributed by atoms with Gasteiger partial charge in [-0.3, -0.25) is 0 Å². The van der Waals surface area contributed by atoms with Crippen molar-refractivity contribution >= 4 is 23.5 Å². The van der Waals surface area contributed by atoms with Gasteiger partial charge >= 0.3 is 5.97 Å². The van der Waals surface area contributed by atoms with E-state index < -0.39 is 5.97 Å². The number of carboxylic acid groups (broad SMARTS) is 1. The first-order valence-electron chi connectivity index (χ1n) is 4.00. The molecule has 1 aromatic heterocycles. The van der Waals surface area contributed by atoms with Crippen LogP contribution in [-0.4, -0.2) is 27.9 Å². The van der Waals surface area contributed by atoms with Crippen LogP contribution in [0.3, 0.4) is 0 Å². The molecule has 0 aliphatic carbocycles. The molecule has 0 atom stereocenters. The smallest absolute Gasteiger partial charge is 0.352 e. The van der Waals surface area contributed by atoms with Crippen molar-refractivity contribution in [2.75, 3.05) is 17.6 Å². The van der Waals surface area contributed by atoms with E-state index in [-0.39, 0.29) is 0 Å². The van der Waals surface area contributed by atoms with E-state index in [0.717, 1.165) is 23.0 Å². The lowest BCUT2D eigenvalue weighted by molar-refractivity contribution is 0.0686. The van der Waals surface area contributed by atoms with Gasteiger partial charge in [-0.1, -0.05) is 0 Å². The highest BCUT2D eigenvalue weighted by molar-refractivity contribution is 7.99. The molecular weight excluding hydrogens is 188 g/mol. The number of anilines is 1. The van der Waals surface area contributed by atoms with E-state index in [1.807, 2.05) is 0 Å². The van der Waals surface area contributed by atoms with E-state index in [1.54, 1.807) is 29.4 Å². The first kappa shape index (κ1) is 8.50. The molecule has 0 fully saturated rings. The molecule has 0 amide bonds. The summed E-state index contributed by atoms with van der Waals surface area (Å²) in [5.74, 6) is 1.05. The number of carbonyl (C=O) groups is 1. The minimum absolute atomic E-state index is 0.340. The fraction of sp³-hybridized carbons (Fsp3) is 0.375. The molecule has 0 aromatic carbocycles. The van der Waals surface area contributed by atoms with Crippen LogP contribution in [0.15, 0.2) is 11.0 Å². The van der Waals surface area contributed by atoms with Crippen LogP contribution in [0.4, 0.5) is 5.82 Å². The molecule has 13 heavy (non-hydrogen) atoms. The lowest BCUT2D eigenvalue weighted by Crippen LogP contribution is -2.13. The van der Waals surface area contributed by atoms with Crippen LogP contribution in [0.25, 0.3) is 0 Å². The molecule has 70 valence electrons. The molecule has 2 N–H and O–H groups in total. The molecule has 5 heteroatoms. The van der Waals surface area contributed by atoms with Crippen molar-refractivity contribution < 1.29 is 9.90 Å². The Hall–Kier alpha value is -1.10. The summed E-state index contributed by atoms with van der Waals surface area (Å²) >= 11 is 1.69. The molecule has 4 nitrogen and oxygen atoms in total. The Bertz CT molecular complexity index is 359. The Morgan fingerprint density at radius 3 is 3.15 bits per heavy atom. The summed E-state index contributed by atoms with van der Waals surface area (Å²) in [6.07, 6.45) is 0. The van der Waals surface area contributed by atoms with Crippen molar-refractivity contribution in [2.45, 2.75) is 4.90 Å². The molecule has 0 spiro atoms. The molecule has 0 radical (unpaired) electrons. The van der Waals surface area contributed by atoms with Crippen LogP contribution < -0.4 is 5.32 Å². The summed E-state index contributed by atoms with van der Waals surface area (Å²) in [5, 5.41) is 12.0. The molecule has 2 heterocycles. The summed E-state index contributed by atoms with van der Waals surface area (Å²) in [6.45, 7) is 0.897. The lowest BCUT2D eigenvalue weighted by atomic mass is 10.4. The fourth-order valence-electron chi connectivity index (χ4n) is 1.43. The van der Waals surface area contributed by atoms with Gasteiger partial charge < -0.3 is 15.0 Å². The summed E-state index contributed by atoms with van der Waals surface area (Å²) in [4.78, 5) is 11.8. The maximum Gasteiger partial charge on any atom is 0.352 e. The second kappa shape index (κ2) is 2.99. The van der Waals surface area contributed by atoms with Gasteiger partial charge in [0.25, 0.3) is 0 Å². The van der Waals surface area contributed by atoms with Gasteiger partial charge in [-0.05, 0) is 6.07 Å². The van der Waals surface area contributed by atoms with E-state index in [0.29, 0.717) is 5.69 Å². The number of hydrogen-bond acceptors (Lipinski definition) is 3.